The molecule has 5 rings (SSSR count). The lowest BCUT2D eigenvalue weighted by Gasteiger charge is -2.15. The molecule has 180 valence electrons. The van der Waals surface area contributed by atoms with E-state index in [4.69, 9.17) is 15.9 Å². The Hall–Kier alpha value is -3.80. The van der Waals surface area contributed by atoms with E-state index in [1.165, 1.54) is 11.1 Å². The Labute approximate surface area is 205 Å². The van der Waals surface area contributed by atoms with Gasteiger partial charge < -0.3 is 21.2 Å². The van der Waals surface area contributed by atoms with E-state index in [1.807, 2.05) is 42.5 Å². The molecule has 6 heteroatoms. The molecule has 5 N–H and O–H groups in total. The number of aromatic nitrogens is 1. The number of nitrogens with zero attached hydrogens (tertiary/aromatic N) is 1. The summed E-state index contributed by atoms with van der Waals surface area (Å²) < 4.78 is 6.10. The zero-order valence-electron chi connectivity index (χ0n) is 20.3. The summed E-state index contributed by atoms with van der Waals surface area (Å²) >= 11 is 0. The summed E-state index contributed by atoms with van der Waals surface area (Å²) in [5, 5.41) is 3.12. The summed E-state index contributed by atoms with van der Waals surface area (Å²) in [5.74, 6) is 1.19. The van der Waals surface area contributed by atoms with E-state index in [0.29, 0.717) is 29.6 Å². The molecule has 1 aromatic heterocycles. The molecule has 0 aliphatic heterocycles. The number of nitrogen functional groups attached to an aromatic ring is 2. The van der Waals surface area contributed by atoms with Gasteiger partial charge >= 0.3 is 0 Å². The normalized spacial score (nSPS) is 15.7. The van der Waals surface area contributed by atoms with Crippen molar-refractivity contribution >= 4 is 28.4 Å². The lowest BCUT2D eigenvalue weighted by molar-refractivity contribution is 0.0946. The van der Waals surface area contributed by atoms with E-state index in [2.05, 4.69) is 36.3 Å². The number of amides is 1. The number of nitrogens with one attached hydrogen (secondary N) is 1. The monoisotopic (exact) mass is 468 g/mol. The van der Waals surface area contributed by atoms with Crippen LogP contribution in [0.5, 0.6) is 0 Å². The lowest BCUT2D eigenvalue weighted by Crippen LogP contribution is -2.29. The van der Waals surface area contributed by atoms with Gasteiger partial charge in [0.1, 0.15) is 5.52 Å². The number of nitrogens with two attached hydrogens (primary N) is 2. The maximum atomic E-state index is 12.8. The van der Waals surface area contributed by atoms with E-state index in [0.717, 1.165) is 53.6 Å². The van der Waals surface area contributed by atoms with E-state index in [1.54, 1.807) is 0 Å². The number of hydrogen-bond acceptors (Lipinski definition) is 5. The Kier molecular flexibility index (Phi) is 6.20. The molecular formula is C29H32N4O2. The topological polar surface area (TPSA) is 107 Å². The fourth-order valence-corrected chi connectivity index (χ4v) is 4.93. The van der Waals surface area contributed by atoms with Gasteiger partial charge in [0.15, 0.2) is 5.58 Å². The number of fused-ring (bicyclic) bond motifs is 2. The third kappa shape index (κ3) is 4.87. The molecule has 1 aliphatic carbocycles. The Morgan fingerprint density at radius 3 is 2.49 bits per heavy atom. The van der Waals surface area contributed by atoms with Crippen molar-refractivity contribution in [3.8, 4) is 11.5 Å². The highest BCUT2D eigenvalue weighted by molar-refractivity contribution is 5.94. The Morgan fingerprint density at radius 2 is 1.74 bits per heavy atom. The minimum absolute atomic E-state index is 0.0602. The van der Waals surface area contributed by atoms with Crippen LogP contribution in [0, 0.1) is 5.92 Å². The Balaban J connectivity index is 1.24. The maximum absolute atomic E-state index is 12.8. The van der Waals surface area contributed by atoms with Crippen molar-refractivity contribution in [3.63, 3.8) is 0 Å². The summed E-state index contributed by atoms with van der Waals surface area (Å²) in [6.45, 7) is 4.88. The largest absolute Gasteiger partial charge is 0.436 e. The van der Waals surface area contributed by atoms with Crippen molar-refractivity contribution < 1.29 is 9.21 Å². The number of carbonyl (C=O) groups excluding carboxylic acids is 1. The Bertz CT molecular complexity index is 1370. The van der Waals surface area contributed by atoms with Crippen LogP contribution in [0.15, 0.2) is 59.0 Å². The van der Waals surface area contributed by atoms with Crippen LogP contribution in [-0.2, 0) is 12.8 Å². The summed E-state index contributed by atoms with van der Waals surface area (Å²) in [7, 11) is 0. The first-order valence-corrected chi connectivity index (χ1v) is 12.3. The number of rotatable bonds is 5. The van der Waals surface area contributed by atoms with Gasteiger partial charge in [-0.1, -0.05) is 19.9 Å². The third-order valence-electron chi connectivity index (χ3n) is 6.98. The van der Waals surface area contributed by atoms with E-state index < -0.39 is 0 Å². The predicted molar refractivity (Wildman–Crippen MR) is 141 cm³/mol. The summed E-state index contributed by atoms with van der Waals surface area (Å²) in [6, 6.07) is 17.4. The number of aryl methyl sites for hydroxylation is 2. The zero-order valence-corrected chi connectivity index (χ0v) is 20.3. The van der Waals surface area contributed by atoms with Gasteiger partial charge in [-0.15, -0.1) is 0 Å². The van der Waals surface area contributed by atoms with Crippen LogP contribution in [0.4, 0.5) is 11.4 Å². The van der Waals surface area contributed by atoms with Gasteiger partial charge in [-0.25, -0.2) is 4.98 Å². The van der Waals surface area contributed by atoms with E-state index in [-0.39, 0.29) is 11.8 Å². The molecule has 4 aromatic rings. The second-order valence-electron chi connectivity index (χ2n) is 9.89. The first-order valence-electron chi connectivity index (χ1n) is 12.3. The molecule has 35 heavy (non-hydrogen) atoms. The highest BCUT2D eigenvalue weighted by atomic mass is 16.3. The predicted octanol–water partition coefficient (Wildman–Crippen LogP) is 5.71. The fraction of sp³-hybridized carbons (Fsp3) is 0.310. The van der Waals surface area contributed by atoms with Gasteiger partial charge in [-0.05, 0) is 97.2 Å². The molecule has 0 radical (unpaired) electrons. The highest BCUT2D eigenvalue weighted by Gasteiger charge is 2.18. The van der Waals surface area contributed by atoms with Crippen LogP contribution in [0.3, 0.4) is 0 Å². The molecule has 1 aliphatic rings. The second-order valence-corrected chi connectivity index (χ2v) is 9.89. The summed E-state index contributed by atoms with van der Waals surface area (Å²) in [5.41, 5.74) is 20.2. The van der Waals surface area contributed by atoms with Crippen molar-refractivity contribution in [3.05, 3.63) is 76.9 Å². The zero-order chi connectivity index (χ0) is 24.5. The molecule has 0 fully saturated rings. The number of benzene rings is 3. The van der Waals surface area contributed by atoms with Crippen LogP contribution in [0.25, 0.3) is 22.6 Å². The molecule has 1 atom stereocenters. The van der Waals surface area contributed by atoms with Crippen LogP contribution in [-0.4, -0.2) is 17.4 Å². The van der Waals surface area contributed by atoms with Gasteiger partial charge in [0.2, 0.25) is 5.89 Å². The number of carbonyl (C=O) groups is 1. The van der Waals surface area contributed by atoms with Crippen molar-refractivity contribution in [2.24, 2.45) is 5.92 Å². The molecule has 0 bridgehead atoms. The van der Waals surface area contributed by atoms with E-state index in [9.17, 15) is 4.79 Å². The maximum Gasteiger partial charge on any atom is 0.251 e. The van der Waals surface area contributed by atoms with Crippen LogP contribution < -0.4 is 16.8 Å². The highest BCUT2D eigenvalue weighted by Crippen LogP contribution is 2.32. The van der Waals surface area contributed by atoms with Gasteiger partial charge in [-0.3, -0.25) is 4.79 Å². The molecule has 1 heterocycles. The van der Waals surface area contributed by atoms with Crippen molar-refractivity contribution in [1.82, 2.24) is 10.3 Å². The average Bonchev–Trinajstić information content (AvgIpc) is 3.16. The smallest absolute Gasteiger partial charge is 0.251 e. The molecule has 0 saturated carbocycles. The molecule has 1 amide bonds. The lowest BCUT2D eigenvalue weighted by atomic mass is 9.99. The van der Waals surface area contributed by atoms with Crippen LogP contribution in [0.2, 0.25) is 0 Å². The van der Waals surface area contributed by atoms with E-state index >= 15 is 0 Å². The molecule has 0 spiro atoms. The second kappa shape index (κ2) is 9.45. The Morgan fingerprint density at radius 1 is 1.00 bits per heavy atom. The van der Waals surface area contributed by atoms with Crippen LogP contribution in [0.1, 0.15) is 59.7 Å². The number of hydrogen-bond donors (Lipinski definition) is 3. The van der Waals surface area contributed by atoms with Gasteiger partial charge in [-0.2, -0.15) is 0 Å². The standard InChI is InChI=1S/C29H32N4O2/c1-17(2)25-14-24(31)15-26-27(25)35-29(33-26)21-9-7-20(8-10-21)28(34)32-16-18-3-5-19-11-12-23(30)13-22(19)6-4-18/h7-15,17-18H,3-6,16,30-31H2,1-2H3,(H,32,34). The quantitative estimate of drug-likeness (QED) is 0.257. The minimum atomic E-state index is -0.0602. The van der Waals surface area contributed by atoms with Gasteiger partial charge in [0, 0.05) is 34.6 Å². The first kappa shape index (κ1) is 23.0. The summed E-state index contributed by atoms with van der Waals surface area (Å²) in [4.78, 5) is 17.4. The summed E-state index contributed by atoms with van der Waals surface area (Å²) in [6.07, 6.45) is 4.15. The van der Waals surface area contributed by atoms with Gasteiger partial charge in [0.05, 0.1) is 0 Å². The molecular weight excluding hydrogens is 436 g/mol. The van der Waals surface area contributed by atoms with Gasteiger partial charge in [0.25, 0.3) is 5.91 Å². The minimum Gasteiger partial charge on any atom is -0.436 e. The molecule has 1 unspecified atom stereocenters. The van der Waals surface area contributed by atoms with Crippen molar-refractivity contribution in [2.45, 2.75) is 45.4 Å². The number of anilines is 2. The third-order valence-corrected chi connectivity index (χ3v) is 6.98. The fourth-order valence-electron chi connectivity index (χ4n) is 4.93. The van der Waals surface area contributed by atoms with Crippen molar-refractivity contribution in [1.29, 1.82) is 0 Å². The molecule has 6 nitrogen and oxygen atoms in total. The van der Waals surface area contributed by atoms with Crippen molar-refractivity contribution in [2.75, 3.05) is 18.0 Å². The average molecular weight is 469 g/mol. The van der Waals surface area contributed by atoms with Crippen LogP contribution >= 0.6 is 0 Å². The molecule has 3 aromatic carbocycles. The SMILES string of the molecule is CC(C)c1cc(N)cc2nc(-c3ccc(C(=O)NCC4CCc5ccc(N)cc5CC4)cc3)oc12. The first-order chi connectivity index (χ1) is 16.9. The molecule has 0 saturated heterocycles. The number of oxazole rings is 1.